The van der Waals surface area contributed by atoms with E-state index in [1.54, 1.807) is 31.2 Å². The Morgan fingerprint density at radius 1 is 1.41 bits per heavy atom. The quantitative estimate of drug-likeness (QED) is 0.757. The molecule has 1 aliphatic heterocycles. The van der Waals surface area contributed by atoms with Crippen molar-refractivity contribution in [2.75, 3.05) is 11.3 Å². The highest BCUT2D eigenvalue weighted by atomic mass is 32.2. The van der Waals surface area contributed by atoms with Gasteiger partial charge in [0.25, 0.3) is 10.2 Å². The zero-order valence-corrected chi connectivity index (χ0v) is 9.95. The second-order valence-corrected chi connectivity index (χ2v) is 4.94. The van der Waals surface area contributed by atoms with E-state index in [2.05, 4.69) is 9.44 Å². The van der Waals surface area contributed by atoms with Crippen molar-refractivity contribution in [2.45, 2.75) is 13.0 Å². The third-order valence-corrected chi connectivity index (χ3v) is 3.35. The number of ether oxygens (including phenoxy) is 1. The summed E-state index contributed by atoms with van der Waals surface area (Å²) in [5.74, 6) is -0.606. The Kier molecular flexibility index (Phi) is 3.03. The third-order valence-electron chi connectivity index (χ3n) is 2.31. The average Bonchev–Trinajstić information content (AvgIpc) is 2.27. The highest BCUT2D eigenvalue weighted by Gasteiger charge is 2.33. The van der Waals surface area contributed by atoms with Crippen LogP contribution >= 0.6 is 0 Å². The van der Waals surface area contributed by atoms with Gasteiger partial charge in [0.2, 0.25) is 0 Å². The number of carbonyl (C=O) groups excluding carboxylic acids is 1. The van der Waals surface area contributed by atoms with Crippen molar-refractivity contribution >= 4 is 21.9 Å². The number of nitrogens with one attached hydrogen (secondary N) is 2. The van der Waals surface area contributed by atoms with Gasteiger partial charge in [-0.15, -0.1) is 0 Å². The van der Waals surface area contributed by atoms with Gasteiger partial charge in [0.1, 0.15) is 6.04 Å². The fraction of sp³-hybridized carbons (Fsp3) is 0.300. The lowest BCUT2D eigenvalue weighted by atomic mass is 10.1. The molecule has 1 aromatic carbocycles. The molecule has 1 atom stereocenters. The number of carbonyl (C=O) groups is 1. The first-order valence-corrected chi connectivity index (χ1v) is 6.57. The van der Waals surface area contributed by atoms with Crippen LogP contribution in [0.25, 0.3) is 0 Å². The molecule has 2 N–H and O–H groups in total. The van der Waals surface area contributed by atoms with E-state index < -0.39 is 22.2 Å². The smallest absolute Gasteiger partial charge is 0.328 e. The molecule has 7 heteroatoms. The van der Waals surface area contributed by atoms with Gasteiger partial charge < -0.3 is 4.74 Å². The molecule has 0 amide bonds. The number of para-hydroxylation sites is 1. The van der Waals surface area contributed by atoms with Crippen LogP contribution in [0, 0.1) is 0 Å². The molecule has 1 unspecified atom stereocenters. The summed E-state index contributed by atoms with van der Waals surface area (Å²) in [5, 5.41) is 0. The Balaban J connectivity index is 2.43. The summed E-state index contributed by atoms with van der Waals surface area (Å²) < 4.78 is 32.4. The number of hydrogen-bond acceptors (Lipinski definition) is 4. The van der Waals surface area contributed by atoms with Gasteiger partial charge in [-0.25, -0.2) is 4.79 Å². The molecule has 1 aliphatic rings. The Hall–Kier alpha value is -1.60. The molecule has 0 radical (unpaired) electrons. The van der Waals surface area contributed by atoms with E-state index in [9.17, 15) is 13.2 Å². The number of esters is 1. The Labute approximate surface area is 99.2 Å². The van der Waals surface area contributed by atoms with Gasteiger partial charge in [-0.1, -0.05) is 18.2 Å². The van der Waals surface area contributed by atoms with Crippen molar-refractivity contribution < 1.29 is 17.9 Å². The number of rotatable bonds is 2. The minimum absolute atomic E-state index is 0.201. The molecule has 1 aromatic rings. The maximum absolute atomic E-state index is 11.7. The lowest BCUT2D eigenvalue weighted by molar-refractivity contribution is -0.145. The molecule has 6 nitrogen and oxygen atoms in total. The minimum Gasteiger partial charge on any atom is -0.465 e. The van der Waals surface area contributed by atoms with Gasteiger partial charge in [0.05, 0.1) is 12.3 Å². The Morgan fingerprint density at radius 3 is 2.82 bits per heavy atom. The van der Waals surface area contributed by atoms with Crippen LogP contribution in [0.3, 0.4) is 0 Å². The first-order chi connectivity index (χ1) is 8.03. The van der Waals surface area contributed by atoms with Gasteiger partial charge in [0, 0.05) is 5.56 Å². The van der Waals surface area contributed by atoms with Crippen molar-refractivity contribution in [3.8, 4) is 0 Å². The van der Waals surface area contributed by atoms with E-state index in [-0.39, 0.29) is 6.61 Å². The topological polar surface area (TPSA) is 84.5 Å². The fourth-order valence-electron chi connectivity index (χ4n) is 1.64. The van der Waals surface area contributed by atoms with Crippen molar-refractivity contribution in [3.63, 3.8) is 0 Å². The van der Waals surface area contributed by atoms with Crippen LogP contribution in [0.1, 0.15) is 18.5 Å². The third kappa shape index (κ3) is 2.40. The van der Waals surface area contributed by atoms with Crippen LogP contribution in [-0.4, -0.2) is 21.0 Å². The molecule has 0 spiro atoms. The number of benzene rings is 1. The molecular formula is C10H12N2O4S. The van der Waals surface area contributed by atoms with Gasteiger partial charge in [-0.3, -0.25) is 4.72 Å². The molecular weight excluding hydrogens is 244 g/mol. The van der Waals surface area contributed by atoms with E-state index in [0.29, 0.717) is 11.3 Å². The summed E-state index contributed by atoms with van der Waals surface area (Å²) in [6, 6.07) is 5.70. The van der Waals surface area contributed by atoms with E-state index in [4.69, 9.17) is 4.74 Å². The summed E-state index contributed by atoms with van der Waals surface area (Å²) in [6.45, 7) is 1.87. The fourth-order valence-corrected chi connectivity index (χ4v) is 2.70. The largest absolute Gasteiger partial charge is 0.465 e. The lowest BCUT2D eigenvalue weighted by Gasteiger charge is -2.25. The molecule has 92 valence electrons. The Bertz CT molecular complexity index is 541. The lowest BCUT2D eigenvalue weighted by Crippen LogP contribution is -2.42. The van der Waals surface area contributed by atoms with Gasteiger partial charge in [-0.2, -0.15) is 13.1 Å². The SMILES string of the molecule is CCOC(=O)C1NS(=O)(=O)Nc2ccccc21. The second kappa shape index (κ2) is 4.34. The summed E-state index contributed by atoms with van der Waals surface area (Å²) in [6.07, 6.45) is 0. The van der Waals surface area contributed by atoms with Crippen molar-refractivity contribution in [2.24, 2.45) is 0 Å². The maximum atomic E-state index is 11.7. The molecule has 2 rings (SSSR count). The molecule has 0 bridgehead atoms. The van der Waals surface area contributed by atoms with E-state index in [1.165, 1.54) is 0 Å². The van der Waals surface area contributed by atoms with Crippen LogP contribution in [0.4, 0.5) is 5.69 Å². The number of fused-ring (bicyclic) bond motifs is 1. The molecule has 0 aliphatic carbocycles. The van der Waals surface area contributed by atoms with Gasteiger partial charge >= 0.3 is 5.97 Å². The van der Waals surface area contributed by atoms with E-state index >= 15 is 0 Å². The summed E-state index contributed by atoms with van der Waals surface area (Å²) in [7, 11) is -3.71. The molecule has 0 aromatic heterocycles. The minimum atomic E-state index is -3.71. The zero-order chi connectivity index (χ0) is 12.5. The van der Waals surface area contributed by atoms with Crippen molar-refractivity contribution in [3.05, 3.63) is 29.8 Å². The number of anilines is 1. The van der Waals surface area contributed by atoms with Crippen molar-refractivity contribution in [1.29, 1.82) is 0 Å². The average molecular weight is 256 g/mol. The summed E-state index contributed by atoms with van der Waals surface area (Å²) in [4.78, 5) is 11.7. The van der Waals surface area contributed by atoms with Crippen molar-refractivity contribution in [1.82, 2.24) is 4.72 Å². The van der Waals surface area contributed by atoms with Crippen LogP contribution < -0.4 is 9.44 Å². The van der Waals surface area contributed by atoms with E-state index in [0.717, 1.165) is 0 Å². The monoisotopic (exact) mass is 256 g/mol. The van der Waals surface area contributed by atoms with Crippen LogP contribution in [0.2, 0.25) is 0 Å². The first kappa shape index (κ1) is 11.9. The van der Waals surface area contributed by atoms with Gasteiger partial charge in [-0.05, 0) is 13.0 Å². The van der Waals surface area contributed by atoms with Crippen LogP contribution in [0.15, 0.2) is 24.3 Å². The maximum Gasteiger partial charge on any atom is 0.328 e. The molecule has 0 saturated heterocycles. The first-order valence-electron chi connectivity index (χ1n) is 5.09. The van der Waals surface area contributed by atoms with Crippen LogP contribution in [-0.2, 0) is 19.7 Å². The summed E-state index contributed by atoms with van der Waals surface area (Å²) >= 11 is 0. The normalized spacial score (nSPS) is 21.1. The highest BCUT2D eigenvalue weighted by molar-refractivity contribution is 7.90. The second-order valence-electron chi connectivity index (χ2n) is 3.50. The Morgan fingerprint density at radius 2 is 2.12 bits per heavy atom. The standard InChI is InChI=1S/C10H12N2O4S/c1-2-16-10(13)9-7-5-3-4-6-8(7)11-17(14,15)12-9/h3-6,9,11-12H,2H2,1H3. The molecule has 0 fully saturated rings. The van der Waals surface area contributed by atoms with E-state index in [1.807, 2.05) is 0 Å². The number of hydrogen-bond donors (Lipinski definition) is 2. The molecule has 1 heterocycles. The zero-order valence-electron chi connectivity index (χ0n) is 9.14. The predicted molar refractivity (Wildman–Crippen MR) is 61.5 cm³/mol. The van der Waals surface area contributed by atoms with Gasteiger partial charge in [0.15, 0.2) is 0 Å². The summed E-state index contributed by atoms with van der Waals surface area (Å²) in [5.41, 5.74) is 0.949. The van der Waals surface area contributed by atoms with Crippen LogP contribution in [0.5, 0.6) is 0 Å². The predicted octanol–water partition coefficient (Wildman–Crippen LogP) is 0.551. The molecule has 17 heavy (non-hydrogen) atoms. The highest BCUT2D eigenvalue weighted by Crippen LogP contribution is 2.29. The molecule has 0 saturated carbocycles.